The van der Waals surface area contributed by atoms with Gasteiger partial charge in [-0.3, -0.25) is 4.79 Å². The number of halogens is 2. The quantitative estimate of drug-likeness (QED) is 0.725. The molecule has 0 bridgehead atoms. The molecule has 0 atom stereocenters. The molecular formula is C15H11Cl2N5O2. The Morgan fingerprint density at radius 2 is 1.88 bits per heavy atom. The van der Waals surface area contributed by atoms with Crippen molar-refractivity contribution in [2.24, 2.45) is 0 Å². The Morgan fingerprint density at radius 1 is 1.04 bits per heavy atom. The van der Waals surface area contributed by atoms with Crippen LogP contribution in [-0.4, -0.2) is 21.3 Å². The van der Waals surface area contributed by atoms with Gasteiger partial charge in [0.2, 0.25) is 0 Å². The SMILES string of the molecule is Cc1cc(NC(=O)c2ccc(Nc3ccc(Cl)c(Cl)c3)nn2)no1. The first kappa shape index (κ1) is 16.2. The Kier molecular flexibility index (Phi) is 4.64. The zero-order valence-electron chi connectivity index (χ0n) is 12.4. The number of anilines is 3. The van der Waals surface area contributed by atoms with Gasteiger partial charge in [0.25, 0.3) is 5.91 Å². The van der Waals surface area contributed by atoms with Crippen molar-refractivity contribution < 1.29 is 9.32 Å². The molecule has 0 fully saturated rings. The van der Waals surface area contributed by atoms with E-state index in [-0.39, 0.29) is 5.69 Å². The topological polar surface area (TPSA) is 92.9 Å². The second kappa shape index (κ2) is 6.86. The van der Waals surface area contributed by atoms with Crippen molar-refractivity contribution in [3.63, 3.8) is 0 Å². The number of aryl methyl sites for hydroxylation is 1. The molecule has 0 saturated carbocycles. The van der Waals surface area contributed by atoms with Crippen LogP contribution in [0.25, 0.3) is 0 Å². The lowest BCUT2D eigenvalue weighted by Crippen LogP contribution is -2.14. The van der Waals surface area contributed by atoms with Crippen LogP contribution in [0.4, 0.5) is 17.3 Å². The van der Waals surface area contributed by atoms with E-state index in [9.17, 15) is 4.79 Å². The molecule has 0 aliphatic heterocycles. The van der Waals surface area contributed by atoms with Gasteiger partial charge >= 0.3 is 0 Å². The van der Waals surface area contributed by atoms with E-state index in [1.54, 1.807) is 37.3 Å². The van der Waals surface area contributed by atoms with Gasteiger partial charge in [-0.15, -0.1) is 10.2 Å². The highest BCUT2D eigenvalue weighted by Gasteiger charge is 2.11. The van der Waals surface area contributed by atoms with Crippen molar-refractivity contribution in [2.75, 3.05) is 10.6 Å². The second-order valence-corrected chi connectivity index (χ2v) is 5.65. The number of carbonyl (C=O) groups excluding carboxylic acids is 1. The summed E-state index contributed by atoms with van der Waals surface area (Å²) in [7, 11) is 0. The van der Waals surface area contributed by atoms with Gasteiger partial charge in [0.15, 0.2) is 17.3 Å². The number of hydrogen-bond donors (Lipinski definition) is 2. The number of rotatable bonds is 4. The highest BCUT2D eigenvalue weighted by atomic mass is 35.5. The molecule has 3 rings (SSSR count). The fraction of sp³-hybridized carbons (Fsp3) is 0.0667. The van der Waals surface area contributed by atoms with Crippen LogP contribution >= 0.6 is 23.2 Å². The molecule has 0 saturated heterocycles. The van der Waals surface area contributed by atoms with Crippen molar-refractivity contribution in [3.8, 4) is 0 Å². The molecule has 24 heavy (non-hydrogen) atoms. The minimum absolute atomic E-state index is 0.148. The van der Waals surface area contributed by atoms with E-state index in [1.165, 1.54) is 6.07 Å². The highest BCUT2D eigenvalue weighted by Crippen LogP contribution is 2.26. The zero-order valence-corrected chi connectivity index (χ0v) is 13.9. The van der Waals surface area contributed by atoms with Gasteiger partial charge in [-0.2, -0.15) is 0 Å². The van der Waals surface area contributed by atoms with Gasteiger partial charge in [-0.1, -0.05) is 28.4 Å². The average Bonchev–Trinajstić information content (AvgIpc) is 2.96. The zero-order chi connectivity index (χ0) is 17.1. The molecule has 2 heterocycles. The summed E-state index contributed by atoms with van der Waals surface area (Å²) in [5.41, 5.74) is 0.851. The standard InChI is InChI=1S/C15H11Cl2N5O2/c1-8-6-14(22-24-8)19-15(23)12-4-5-13(21-20-12)18-9-2-3-10(16)11(17)7-9/h2-7H,1H3,(H,18,21)(H,19,22,23). The Labute approximate surface area is 147 Å². The Morgan fingerprint density at radius 3 is 2.50 bits per heavy atom. The van der Waals surface area contributed by atoms with E-state index in [0.717, 1.165) is 0 Å². The maximum atomic E-state index is 12.0. The average molecular weight is 364 g/mol. The van der Waals surface area contributed by atoms with Crippen LogP contribution in [0.5, 0.6) is 0 Å². The van der Waals surface area contributed by atoms with Crippen molar-refractivity contribution in [2.45, 2.75) is 6.92 Å². The number of nitrogens with one attached hydrogen (secondary N) is 2. The number of aromatic nitrogens is 3. The van der Waals surface area contributed by atoms with E-state index < -0.39 is 5.91 Å². The lowest BCUT2D eigenvalue weighted by Gasteiger charge is -2.06. The van der Waals surface area contributed by atoms with Gasteiger partial charge < -0.3 is 15.2 Å². The summed E-state index contributed by atoms with van der Waals surface area (Å²) < 4.78 is 4.87. The fourth-order valence-corrected chi connectivity index (χ4v) is 2.15. The molecule has 2 aromatic heterocycles. The van der Waals surface area contributed by atoms with E-state index in [2.05, 4.69) is 26.0 Å². The maximum Gasteiger partial charge on any atom is 0.277 e. The van der Waals surface area contributed by atoms with Crippen LogP contribution in [-0.2, 0) is 0 Å². The Hall–Kier alpha value is -2.64. The minimum Gasteiger partial charge on any atom is -0.360 e. The number of hydrogen-bond acceptors (Lipinski definition) is 6. The summed E-state index contributed by atoms with van der Waals surface area (Å²) in [5, 5.41) is 18.0. The number of carbonyl (C=O) groups is 1. The number of nitrogens with zero attached hydrogens (tertiary/aromatic N) is 3. The minimum atomic E-state index is -0.433. The number of benzene rings is 1. The molecule has 122 valence electrons. The molecule has 1 aromatic carbocycles. The van der Waals surface area contributed by atoms with E-state index in [0.29, 0.717) is 33.1 Å². The number of amides is 1. The van der Waals surface area contributed by atoms with Crippen molar-refractivity contribution in [1.29, 1.82) is 0 Å². The van der Waals surface area contributed by atoms with E-state index in [1.807, 2.05) is 0 Å². The molecular weight excluding hydrogens is 353 g/mol. The third-order valence-corrected chi connectivity index (χ3v) is 3.70. The fourth-order valence-electron chi connectivity index (χ4n) is 1.85. The largest absolute Gasteiger partial charge is 0.360 e. The normalized spacial score (nSPS) is 10.5. The molecule has 7 nitrogen and oxygen atoms in total. The van der Waals surface area contributed by atoms with Crippen molar-refractivity contribution in [1.82, 2.24) is 15.4 Å². The predicted octanol–water partition coefficient (Wildman–Crippen LogP) is 4.08. The molecule has 2 N–H and O–H groups in total. The summed E-state index contributed by atoms with van der Waals surface area (Å²) >= 11 is 11.8. The molecule has 0 radical (unpaired) electrons. The van der Waals surface area contributed by atoms with E-state index >= 15 is 0 Å². The van der Waals surface area contributed by atoms with E-state index in [4.69, 9.17) is 27.7 Å². The smallest absolute Gasteiger partial charge is 0.277 e. The predicted molar refractivity (Wildman–Crippen MR) is 91.0 cm³/mol. The van der Waals surface area contributed by atoms with Crippen LogP contribution in [0.2, 0.25) is 10.0 Å². The van der Waals surface area contributed by atoms with Gasteiger partial charge in [0.1, 0.15) is 5.76 Å². The first-order chi connectivity index (χ1) is 11.5. The van der Waals surface area contributed by atoms with Gasteiger partial charge in [0, 0.05) is 11.8 Å². The van der Waals surface area contributed by atoms with Crippen LogP contribution in [0.1, 0.15) is 16.2 Å². The lowest BCUT2D eigenvalue weighted by molar-refractivity contribution is 0.102. The monoisotopic (exact) mass is 363 g/mol. The molecule has 9 heteroatoms. The maximum absolute atomic E-state index is 12.0. The van der Waals surface area contributed by atoms with Crippen LogP contribution < -0.4 is 10.6 Å². The Balaban J connectivity index is 1.68. The molecule has 0 aliphatic carbocycles. The summed E-state index contributed by atoms with van der Waals surface area (Å²) in [6.45, 7) is 1.73. The first-order valence-corrected chi connectivity index (χ1v) is 7.57. The lowest BCUT2D eigenvalue weighted by atomic mass is 10.3. The molecule has 3 aromatic rings. The second-order valence-electron chi connectivity index (χ2n) is 4.83. The molecule has 0 unspecified atom stereocenters. The summed E-state index contributed by atoms with van der Waals surface area (Å²) in [5.74, 6) is 0.939. The van der Waals surface area contributed by atoms with Crippen molar-refractivity contribution >= 4 is 46.4 Å². The van der Waals surface area contributed by atoms with Crippen LogP contribution in [0.3, 0.4) is 0 Å². The first-order valence-electron chi connectivity index (χ1n) is 6.82. The van der Waals surface area contributed by atoms with Crippen LogP contribution in [0.15, 0.2) is 40.9 Å². The molecule has 0 spiro atoms. The summed E-state index contributed by atoms with van der Waals surface area (Å²) in [6, 6.07) is 9.85. The van der Waals surface area contributed by atoms with Gasteiger partial charge in [-0.25, -0.2) is 0 Å². The third kappa shape index (κ3) is 3.81. The highest BCUT2D eigenvalue weighted by molar-refractivity contribution is 6.42. The van der Waals surface area contributed by atoms with Crippen molar-refractivity contribution in [3.05, 3.63) is 57.9 Å². The summed E-state index contributed by atoms with van der Waals surface area (Å²) in [6.07, 6.45) is 0. The molecule has 1 amide bonds. The Bertz CT molecular complexity index is 880. The van der Waals surface area contributed by atoms with Crippen LogP contribution in [0, 0.1) is 6.92 Å². The van der Waals surface area contributed by atoms with Gasteiger partial charge in [-0.05, 0) is 37.3 Å². The summed E-state index contributed by atoms with van der Waals surface area (Å²) in [4.78, 5) is 12.0. The molecule has 0 aliphatic rings. The van der Waals surface area contributed by atoms with Gasteiger partial charge in [0.05, 0.1) is 10.0 Å². The third-order valence-electron chi connectivity index (χ3n) is 2.96.